The molecule has 3 fully saturated rings. The van der Waals surface area contributed by atoms with Gasteiger partial charge in [-0.05, 0) is 73.6 Å². The quantitative estimate of drug-likeness (QED) is 0.467. The van der Waals surface area contributed by atoms with Gasteiger partial charge < -0.3 is 9.53 Å². The molecule has 4 aliphatic rings. The Bertz CT molecular complexity index is 579. The molecule has 26 heavy (non-hydrogen) atoms. The summed E-state index contributed by atoms with van der Waals surface area (Å²) in [6, 6.07) is 0. The van der Waals surface area contributed by atoms with Gasteiger partial charge in [0, 0.05) is 5.41 Å². The van der Waals surface area contributed by atoms with Crippen LogP contribution in [0.25, 0.3) is 0 Å². The fourth-order valence-corrected chi connectivity index (χ4v) is 11.1. The molecule has 148 valence electrons. The molecule has 0 unspecified atom stereocenters. The molecular weight excluding hydrogens is 376 g/mol. The fourth-order valence-electron chi connectivity index (χ4n) is 5.75. The van der Waals surface area contributed by atoms with Crippen LogP contribution in [0.3, 0.4) is 0 Å². The number of rotatable bonds is 2. The normalized spacial score (nSPS) is 42.1. The molecule has 4 rings (SSSR count). The molecule has 3 aliphatic carbocycles. The van der Waals surface area contributed by atoms with Gasteiger partial charge in [-0.25, -0.2) is 0 Å². The maximum absolute atomic E-state index is 10.4. The SMILES string of the molecule is CC(C)(C)[Si](C)(C)O[C@@H]1CC[C@@H]2C3(C[C@@H]4C[C@H](O)C=C[C@@]421)SCCCS3. The molecule has 0 amide bonds. The standard InChI is InChI=1S/C21H36O2S2Si/c1-19(2,3)26(4,5)23-18-8-7-17-20(18)10-9-16(22)13-15(20)14-21(17)24-11-6-12-25-21/h9-10,15-18,22H,6-8,11-14H2,1-5H3/t15-,16+,17-,18+,20+/m0/s1. The van der Waals surface area contributed by atoms with E-state index in [1.54, 1.807) is 0 Å². The minimum Gasteiger partial charge on any atom is -0.413 e. The van der Waals surface area contributed by atoms with Gasteiger partial charge in [-0.2, -0.15) is 0 Å². The van der Waals surface area contributed by atoms with Crippen LogP contribution in [0.4, 0.5) is 0 Å². The van der Waals surface area contributed by atoms with Crippen LogP contribution < -0.4 is 0 Å². The zero-order valence-corrected chi connectivity index (χ0v) is 19.7. The Morgan fingerprint density at radius 3 is 2.50 bits per heavy atom. The lowest BCUT2D eigenvalue weighted by Crippen LogP contribution is -2.50. The third kappa shape index (κ3) is 2.90. The Labute approximate surface area is 169 Å². The van der Waals surface area contributed by atoms with E-state index in [4.69, 9.17) is 4.43 Å². The van der Waals surface area contributed by atoms with Crippen LogP contribution in [-0.4, -0.2) is 41.2 Å². The van der Waals surface area contributed by atoms with Crippen molar-refractivity contribution in [3.05, 3.63) is 12.2 Å². The summed E-state index contributed by atoms with van der Waals surface area (Å²) in [5, 5.41) is 10.6. The molecule has 5 heteroatoms. The van der Waals surface area contributed by atoms with Gasteiger partial charge in [0.25, 0.3) is 0 Å². The Balaban J connectivity index is 1.70. The van der Waals surface area contributed by atoms with E-state index in [9.17, 15) is 5.11 Å². The highest BCUT2D eigenvalue weighted by molar-refractivity contribution is 8.18. The molecule has 1 heterocycles. The van der Waals surface area contributed by atoms with Crippen LogP contribution in [0.1, 0.15) is 52.9 Å². The van der Waals surface area contributed by atoms with E-state index in [1.807, 2.05) is 0 Å². The summed E-state index contributed by atoms with van der Waals surface area (Å²) in [5.74, 6) is 3.93. The second-order valence-corrected chi connectivity index (χ2v) is 18.3. The summed E-state index contributed by atoms with van der Waals surface area (Å²) < 4.78 is 7.47. The second-order valence-electron chi connectivity index (χ2n) is 10.4. The van der Waals surface area contributed by atoms with Crippen LogP contribution in [0, 0.1) is 17.3 Å². The predicted octanol–water partition coefficient (Wildman–Crippen LogP) is 5.68. The van der Waals surface area contributed by atoms with Crippen LogP contribution in [0.15, 0.2) is 12.2 Å². The highest BCUT2D eigenvalue weighted by Crippen LogP contribution is 2.72. The molecule has 0 radical (unpaired) electrons. The maximum atomic E-state index is 10.4. The monoisotopic (exact) mass is 412 g/mol. The molecule has 1 aliphatic heterocycles. The summed E-state index contributed by atoms with van der Waals surface area (Å²) in [6.07, 6.45) is 10.7. The summed E-state index contributed by atoms with van der Waals surface area (Å²) in [6.45, 7) is 11.9. The van der Waals surface area contributed by atoms with Crippen LogP contribution in [-0.2, 0) is 4.43 Å². The van der Waals surface area contributed by atoms with Crippen molar-refractivity contribution in [2.75, 3.05) is 11.5 Å². The van der Waals surface area contributed by atoms with Gasteiger partial charge in [0.1, 0.15) is 0 Å². The van der Waals surface area contributed by atoms with Gasteiger partial charge in [0.05, 0.1) is 16.3 Å². The maximum Gasteiger partial charge on any atom is 0.192 e. The third-order valence-electron chi connectivity index (χ3n) is 8.01. The van der Waals surface area contributed by atoms with E-state index in [-0.39, 0.29) is 16.6 Å². The molecule has 0 aromatic carbocycles. The number of thioether (sulfide) groups is 2. The van der Waals surface area contributed by atoms with Crippen LogP contribution in [0.5, 0.6) is 0 Å². The van der Waals surface area contributed by atoms with Crippen molar-refractivity contribution in [1.29, 1.82) is 0 Å². The van der Waals surface area contributed by atoms with E-state index < -0.39 is 8.32 Å². The van der Waals surface area contributed by atoms with Gasteiger partial charge >= 0.3 is 0 Å². The number of aliphatic hydroxyl groups is 1. The first-order chi connectivity index (χ1) is 12.1. The highest BCUT2D eigenvalue weighted by atomic mass is 32.2. The molecule has 2 spiro atoms. The van der Waals surface area contributed by atoms with E-state index in [1.165, 1.54) is 37.2 Å². The average molecular weight is 413 g/mol. The number of aliphatic hydroxyl groups excluding tert-OH is 1. The Morgan fingerprint density at radius 1 is 1.15 bits per heavy atom. The Hall–Kier alpha value is 0.577. The van der Waals surface area contributed by atoms with Crippen molar-refractivity contribution in [2.24, 2.45) is 17.3 Å². The molecule has 1 saturated heterocycles. The topological polar surface area (TPSA) is 29.5 Å². The zero-order chi connectivity index (χ0) is 18.8. The zero-order valence-electron chi connectivity index (χ0n) is 17.1. The predicted molar refractivity (Wildman–Crippen MR) is 117 cm³/mol. The fraction of sp³-hybridized carbons (Fsp3) is 0.905. The molecule has 0 aromatic rings. The molecule has 2 nitrogen and oxygen atoms in total. The molecule has 0 bridgehead atoms. The van der Waals surface area contributed by atoms with Crippen molar-refractivity contribution in [1.82, 2.24) is 0 Å². The largest absolute Gasteiger partial charge is 0.413 e. The lowest BCUT2D eigenvalue weighted by atomic mass is 9.67. The van der Waals surface area contributed by atoms with Crippen molar-refractivity contribution in [3.8, 4) is 0 Å². The molecule has 5 atom stereocenters. The smallest absolute Gasteiger partial charge is 0.192 e. The number of fused-ring (bicyclic) bond motifs is 1. The first-order valence-electron chi connectivity index (χ1n) is 10.4. The summed E-state index contributed by atoms with van der Waals surface area (Å²) in [7, 11) is -1.80. The Morgan fingerprint density at radius 2 is 1.85 bits per heavy atom. The molecule has 2 saturated carbocycles. The van der Waals surface area contributed by atoms with Gasteiger partial charge in [0.2, 0.25) is 0 Å². The lowest BCUT2D eigenvalue weighted by molar-refractivity contribution is 0.0245. The van der Waals surface area contributed by atoms with Gasteiger partial charge in [0.15, 0.2) is 8.32 Å². The third-order valence-corrected chi connectivity index (χ3v) is 16.1. The van der Waals surface area contributed by atoms with Crippen molar-refractivity contribution in [2.45, 2.75) is 87.3 Å². The van der Waals surface area contributed by atoms with Crippen molar-refractivity contribution in [3.63, 3.8) is 0 Å². The van der Waals surface area contributed by atoms with Crippen LogP contribution in [0.2, 0.25) is 18.1 Å². The highest BCUT2D eigenvalue weighted by Gasteiger charge is 2.68. The van der Waals surface area contributed by atoms with Gasteiger partial charge in [-0.3, -0.25) is 0 Å². The molecule has 0 aromatic heterocycles. The first kappa shape index (κ1) is 19.9. The van der Waals surface area contributed by atoms with Crippen LogP contribution >= 0.6 is 23.5 Å². The first-order valence-corrected chi connectivity index (χ1v) is 15.3. The molecular formula is C21H36O2S2Si. The molecule has 1 N–H and O–H groups in total. The van der Waals surface area contributed by atoms with E-state index in [0.717, 1.165) is 6.42 Å². The van der Waals surface area contributed by atoms with Crippen molar-refractivity contribution < 1.29 is 9.53 Å². The van der Waals surface area contributed by atoms with Crippen molar-refractivity contribution >= 4 is 31.8 Å². The van der Waals surface area contributed by atoms with E-state index in [0.29, 0.717) is 22.0 Å². The van der Waals surface area contributed by atoms with Gasteiger partial charge in [-0.15, -0.1) is 23.5 Å². The summed E-state index contributed by atoms with van der Waals surface area (Å²) in [5.41, 5.74) is 0.173. The minimum atomic E-state index is -1.80. The van der Waals surface area contributed by atoms with E-state index >= 15 is 0 Å². The lowest BCUT2D eigenvalue weighted by Gasteiger charge is -2.47. The summed E-state index contributed by atoms with van der Waals surface area (Å²) in [4.78, 5) is 0. The average Bonchev–Trinajstić information content (AvgIpc) is 3.01. The number of hydrogen-bond acceptors (Lipinski definition) is 4. The second kappa shape index (κ2) is 6.55. The number of hydrogen-bond donors (Lipinski definition) is 1. The Kier molecular flexibility index (Phi) is 5.00. The minimum absolute atomic E-state index is 0.173. The van der Waals surface area contributed by atoms with E-state index in [2.05, 4.69) is 69.5 Å². The summed E-state index contributed by atoms with van der Waals surface area (Å²) >= 11 is 4.48. The van der Waals surface area contributed by atoms with Gasteiger partial charge in [-0.1, -0.05) is 32.9 Å².